The smallest absolute Gasteiger partial charge is 0.314 e. The van der Waals surface area contributed by atoms with Gasteiger partial charge in [0, 0.05) is 12.7 Å². The molecule has 0 amide bonds. The lowest BCUT2D eigenvalue weighted by molar-refractivity contribution is -0.137. The van der Waals surface area contributed by atoms with E-state index in [1.54, 1.807) is 13.1 Å². The molecule has 0 saturated carbocycles. The molecule has 3 nitrogen and oxygen atoms in total. The van der Waals surface area contributed by atoms with E-state index in [0.717, 1.165) is 12.1 Å². The number of aromatic nitrogens is 2. The number of halogens is 3. The van der Waals surface area contributed by atoms with Gasteiger partial charge in [-0.1, -0.05) is 0 Å². The van der Waals surface area contributed by atoms with E-state index < -0.39 is 11.7 Å². The number of fused-ring (bicyclic) bond motifs is 1. The third-order valence-corrected chi connectivity index (χ3v) is 2.20. The normalized spacial score (nSPS) is 12.2. The van der Waals surface area contributed by atoms with E-state index in [2.05, 4.69) is 10.4 Å². The van der Waals surface area contributed by atoms with Crippen LogP contribution in [0.15, 0.2) is 24.4 Å². The summed E-state index contributed by atoms with van der Waals surface area (Å²) in [5.74, 6) is 0. The predicted octanol–water partition coefficient (Wildman–Crippen LogP) is 2.07. The van der Waals surface area contributed by atoms with Crippen LogP contribution in [0.5, 0.6) is 0 Å². The quantitative estimate of drug-likeness (QED) is 0.854. The van der Waals surface area contributed by atoms with Crippen molar-refractivity contribution in [1.82, 2.24) is 14.9 Å². The van der Waals surface area contributed by atoms with Crippen molar-refractivity contribution >= 4 is 5.52 Å². The Balaban J connectivity index is 2.46. The van der Waals surface area contributed by atoms with Gasteiger partial charge in [-0.15, -0.1) is 0 Å². The van der Waals surface area contributed by atoms with Gasteiger partial charge in [-0.25, -0.2) is 4.52 Å². The molecule has 0 spiro atoms. The predicted molar refractivity (Wildman–Crippen MR) is 53.0 cm³/mol. The third-order valence-electron chi connectivity index (χ3n) is 2.20. The SMILES string of the molecule is CNCc1cc2cc(C(F)(F)F)ccn2n1. The van der Waals surface area contributed by atoms with E-state index in [4.69, 9.17) is 0 Å². The lowest BCUT2D eigenvalue weighted by Crippen LogP contribution is -2.06. The highest BCUT2D eigenvalue weighted by Crippen LogP contribution is 2.29. The minimum Gasteiger partial charge on any atom is -0.314 e. The van der Waals surface area contributed by atoms with Crippen LogP contribution in [0, 0.1) is 0 Å². The topological polar surface area (TPSA) is 29.3 Å². The average Bonchev–Trinajstić information content (AvgIpc) is 2.57. The Labute approximate surface area is 89.9 Å². The van der Waals surface area contributed by atoms with Crippen LogP contribution in [0.4, 0.5) is 13.2 Å². The highest BCUT2D eigenvalue weighted by atomic mass is 19.4. The number of rotatable bonds is 2. The van der Waals surface area contributed by atoms with Crippen LogP contribution in [0.1, 0.15) is 11.3 Å². The number of hydrogen-bond donors (Lipinski definition) is 1. The number of nitrogens with one attached hydrogen (secondary N) is 1. The van der Waals surface area contributed by atoms with Gasteiger partial charge in [0.05, 0.1) is 16.8 Å². The number of pyridine rings is 1. The first-order valence-electron chi connectivity index (χ1n) is 4.71. The van der Waals surface area contributed by atoms with Gasteiger partial charge in [-0.2, -0.15) is 18.3 Å². The van der Waals surface area contributed by atoms with Gasteiger partial charge in [0.2, 0.25) is 0 Å². The number of alkyl halides is 3. The molecule has 2 aromatic rings. The largest absolute Gasteiger partial charge is 0.416 e. The zero-order valence-corrected chi connectivity index (χ0v) is 8.54. The fraction of sp³-hybridized carbons (Fsp3) is 0.300. The van der Waals surface area contributed by atoms with E-state index in [1.807, 2.05) is 0 Å². The summed E-state index contributed by atoms with van der Waals surface area (Å²) in [6.45, 7) is 0.531. The fourth-order valence-electron chi connectivity index (χ4n) is 1.49. The Bertz CT molecular complexity index is 501. The molecule has 2 heterocycles. The van der Waals surface area contributed by atoms with Crippen LogP contribution in [-0.4, -0.2) is 16.7 Å². The lowest BCUT2D eigenvalue weighted by Gasteiger charge is -2.05. The van der Waals surface area contributed by atoms with Gasteiger partial charge < -0.3 is 5.32 Å². The Morgan fingerprint density at radius 1 is 1.38 bits per heavy atom. The maximum Gasteiger partial charge on any atom is 0.416 e. The van der Waals surface area contributed by atoms with Gasteiger partial charge >= 0.3 is 6.18 Å². The Kier molecular flexibility index (Phi) is 2.59. The van der Waals surface area contributed by atoms with Crippen molar-refractivity contribution in [3.63, 3.8) is 0 Å². The highest BCUT2D eigenvalue weighted by molar-refractivity contribution is 5.50. The Hall–Kier alpha value is -1.56. The molecule has 1 N–H and O–H groups in total. The second-order valence-electron chi connectivity index (χ2n) is 3.45. The van der Waals surface area contributed by atoms with Crippen LogP contribution < -0.4 is 5.32 Å². The molecular formula is C10H10F3N3. The second-order valence-corrected chi connectivity index (χ2v) is 3.45. The molecule has 2 rings (SSSR count). The maximum absolute atomic E-state index is 12.4. The summed E-state index contributed by atoms with van der Waals surface area (Å²) in [6, 6.07) is 3.74. The zero-order valence-electron chi connectivity index (χ0n) is 8.54. The van der Waals surface area contributed by atoms with E-state index >= 15 is 0 Å². The first kappa shape index (κ1) is 10.9. The summed E-state index contributed by atoms with van der Waals surface area (Å²) in [7, 11) is 1.76. The second kappa shape index (κ2) is 3.79. The van der Waals surface area contributed by atoms with Gasteiger partial charge in [-0.05, 0) is 25.2 Å². The zero-order chi connectivity index (χ0) is 11.8. The summed E-state index contributed by atoms with van der Waals surface area (Å²) < 4.78 is 38.7. The molecule has 2 aromatic heterocycles. The van der Waals surface area contributed by atoms with Crippen LogP contribution in [0.25, 0.3) is 5.52 Å². The third kappa shape index (κ3) is 2.01. The first-order valence-corrected chi connectivity index (χ1v) is 4.71. The first-order chi connectivity index (χ1) is 7.50. The van der Waals surface area contributed by atoms with Crippen LogP contribution in [0.2, 0.25) is 0 Å². The monoisotopic (exact) mass is 229 g/mol. The van der Waals surface area contributed by atoms with Crippen molar-refractivity contribution in [3.05, 3.63) is 35.7 Å². The van der Waals surface area contributed by atoms with Gasteiger partial charge in [0.25, 0.3) is 0 Å². The van der Waals surface area contributed by atoms with Crippen molar-refractivity contribution in [2.45, 2.75) is 12.7 Å². The molecule has 0 aliphatic carbocycles. The molecule has 86 valence electrons. The molecule has 0 saturated heterocycles. The van der Waals surface area contributed by atoms with Crippen molar-refractivity contribution in [2.75, 3.05) is 7.05 Å². The molecule has 0 unspecified atom stereocenters. The molecule has 0 aromatic carbocycles. The summed E-state index contributed by atoms with van der Waals surface area (Å²) in [5.41, 5.74) is 0.498. The molecule has 0 fully saturated rings. The molecule has 0 radical (unpaired) electrons. The van der Waals surface area contributed by atoms with E-state index in [1.165, 1.54) is 10.7 Å². The van der Waals surface area contributed by atoms with Crippen LogP contribution in [-0.2, 0) is 12.7 Å². The van der Waals surface area contributed by atoms with Crippen molar-refractivity contribution in [2.24, 2.45) is 0 Å². The van der Waals surface area contributed by atoms with E-state index in [-0.39, 0.29) is 0 Å². The molecule has 0 aliphatic heterocycles. The molecule has 6 heteroatoms. The standard InChI is InChI=1S/C10H10F3N3/c1-14-6-8-5-9-4-7(10(11,12)13)2-3-16(9)15-8/h2-5,14H,6H2,1H3. The van der Waals surface area contributed by atoms with E-state index in [0.29, 0.717) is 17.8 Å². The maximum atomic E-state index is 12.4. The minimum absolute atomic E-state index is 0.445. The fourth-order valence-corrected chi connectivity index (χ4v) is 1.49. The van der Waals surface area contributed by atoms with E-state index in [9.17, 15) is 13.2 Å². The van der Waals surface area contributed by atoms with Crippen molar-refractivity contribution in [3.8, 4) is 0 Å². The van der Waals surface area contributed by atoms with Gasteiger partial charge in [0.15, 0.2) is 0 Å². The Morgan fingerprint density at radius 2 is 2.12 bits per heavy atom. The van der Waals surface area contributed by atoms with Gasteiger partial charge in [-0.3, -0.25) is 0 Å². The van der Waals surface area contributed by atoms with Crippen LogP contribution >= 0.6 is 0 Å². The van der Waals surface area contributed by atoms with Gasteiger partial charge in [0.1, 0.15) is 0 Å². The molecule has 0 bridgehead atoms. The summed E-state index contributed by atoms with van der Waals surface area (Å²) >= 11 is 0. The lowest BCUT2D eigenvalue weighted by atomic mass is 10.2. The van der Waals surface area contributed by atoms with Crippen molar-refractivity contribution in [1.29, 1.82) is 0 Å². The Morgan fingerprint density at radius 3 is 2.75 bits per heavy atom. The molecule has 0 aliphatic rings. The number of nitrogens with zero attached hydrogens (tertiary/aromatic N) is 2. The molecule has 16 heavy (non-hydrogen) atoms. The highest BCUT2D eigenvalue weighted by Gasteiger charge is 2.30. The summed E-state index contributed by atoms with van der Waals surface area (Å²) in [4.78, 5) is 0. The minimum atomic E-state index is -4.31. The average molecular weight is 229 g/mol. The molecule has 0 atom stereocenters. The summed E-state index contributed by atoms with van der Waals surface area (Å²) in [5, 5.41) is 7.00. The molecular weight excluding hydrogens is 219 g/mol. The van der Waals surface area contributed by atoms with Crippen LogP contribution in [0.3, 0.4) is 0 Å². The summed E-state index contributed by atoms with van der Waals surface area (Å²) in [6.07, 6.45) is -2.99. The number of hydrogen-bond acceptors (Lipinski definition) is 2. The van der Waals surface area contributed by atoms with Crippen molar-refractivity contribution < 1.29 is 13.2 Å².